The van der Waals surface area contributed by atoms with Gasteiger partial charge in [-0.05, 0) is 37.1 Å². The Balaban J connectivity index is 0.00000108. The molecule has 3 nitrogen and oxygen atoms in total. The zero-order chi connectivity index (χ0) is 11.1. The normalized spacial score (nSPS) is 14.4. The van der Waals surface area contributed by atoms with Crippen molar-refractivity contribution in [3.63, 3.8) is 0 Å². The Morgan fingerprint density at radius 3 is 2.47 bits per heavy atom. The van der Waals surface area contributed by atoms with Crippen molar-refractivity contribution in [2.45, 2.75) is 18.8 Å². The van der Waals surface area contributed by atoms with Gasteiger partial charge in [-0.25, -0.2) is 9.07 Å². The van der Waals surface area contributed by atoms with Crippen molar-refractivity contribution in [3.8, 4) is 5.69 Å². The molecular weight excluding hydrogens is 241 g/mol. The van der Waals surface area contributed by atoms with E-state index in [-0.39, 0.29) is 18.2 Å². The Hall–Kier alpha value is -1.55. The molecule has 0 radical (unpaired) electrons. The molecule has 1 fully saturated rings. The number of nitrogen functional groups attached to an aromatic ring is 1. The molecule has 1 aromatic heterocycles. The molecule has 0 unspecified atom stereocenters. The quantitative estimate of drug-likeness (QED) is 0.894. The van der Waals surface area contributed by atoms with E-state index in [0.717, 1.165) is 11.4 Å². The average Bonchev–Trinajstić information content (AvgIpc) is 3.04. The van der Waals surface area contributed by atoms with Gasteiger partial charge in [-0.15, -0.1) is 12.4 Å². The van der Waals surface area contributed by atoms with Crippen LogP contribution in [-0.4, -0.2) is 9.78 Å². The van der Waals surface area contributed by atoms with E-state index in [9.17, 15) is 4.39 Å². The summed E-state index contributed by atoms with van der Waals surface area (Å²) in [6, 6.07) is 8.08. The van der Waals surface area contributed by atoms with Crippen molar-refractivity contribution >= 4 is 18.2 Å². The van der Waals surface area contributed by atoms with E-state index >= 15 is 0 Å². The molecule has 0 spiro atoms. The van der Waals surface area contributed by atoms with Crippen molar-refractivity contribution in [2.75, 3.05) is 5.73 Å². The third kappa shape index (κ3) is 2.26. The van der Waals surface area contributed by atoms with Gasteiger partial charge in [-0.2, -0.15) is 5.10 Å². The van der Waals surface area contributed by atoms with E-state index in [1.54, 1.807) is 16.8 Å². The number of rotatable bonds is 2. The fraction of sp³-hybridized carbons (Fsp3) is 0.250. The molecule has 2 aromatic rings. The number of benzene rings is 1. The molecule has 0 amide bonds. The first kappa shape index (κ1) is 11.9. The smallest absolute Gasteiger partial charge is 0.127 e. The topological polar surface area (TPSA) is 43.8 Å². The van der Waals surface area contributed by atoms with Crippen LogP contribution >= 0.6 is 12.4 Å². The van der Waals surface area contributed by atoms with Gasteiger partial charge in [0.1, 0.15) is 11.6 Å². The van der Waals surface area contributed by atoms with Gasteiger partial charge in [-0.1, -0.05) is 0 Å². The van der Waals surface area contributed by atoms with E-state index in [2.05, 4.69) is 5.10 Å². The number of nitrogens with two attached hydrogens (primary N) is 1. The molecule has 17 heavy (non-hydrogen) atoms. The Bertz CT molecular complexity index is 517. The lowest BCUT2D eigenvalue weighted by atomic mass is 10.3. The maximum Gasteiger partial charge on any atom is 0.127 e. The monoisotopic (exact) mass is 253 g/mol. The predicted octanol–water partition coefficient (Wildman–Crippen LogP) is 2.89. The van der Waals surface area contributed by atoms with Gasteiger partial charge >= 0.3 is 0 Å². The van der Waals surface area contributed by atoms with E-state index in [1.165, 1.54) is 25.0 Å². The first-order valence-electron chi connectivity index (χ1n) is 5.35. The van der Waals surface area contributed by atoms with Crippen LogP contribution in [0.5, 0.6) is 0 Å². The molecular formula is C12H13ClFN3. The maximum absolute atomic E-state index is 12.8. The summed E-state index contributed by atoms with van der Waals surface area (Å²) in [4.78, 5) is 0. The van der Waals surface area contributed by atoms with Crippen LogP contribution in [0.2, 0.25) is 0 Å². The minimum atomic E-state index is -0.253. The number of aromatic nitrogens is 2. The second-order valence-electron chi connectivity index (χ2n) is 4.16. The van der Waals surface area contributed by atoms with Gasteiger partial charge in [0.15, 0.2) is 0 Å². The zero-order valence-corrected chi connectivity index (χ0v) is 9.95. The third-order valence-corrected chi connectivity index (χ3v) is 2.82. The number of hydrogen-bond donors (Lipinski definition) is 1. The van der Waals surface area contributed by atoms with Gasteiger partial charge < -0.3 is 5.73 Å². The van der Waals surface area contributed by atoms with Crippen LogP contribution in [0, 0.1) is 5.82 Å². The Kier molecular flexibility index (Phi) is 3.07. The molecule has 90 valence electrons. The average molecular weight is 254 g/mol. The molecule has 1 saturated carbocycles. The highest BCUT2D eigenvalue weighted by Gasteiger charge is 2.27. The van der Waals surface area contributed by atoms with E-state index < -0.39 is 0 Å². The zero-order valence-electron chi connectivity index (χ0n) is 9.14. The molecule has 0 bridgehead atoms. The van der Waals surface area contributed by atoms with Crippen molar-refractivity contribution in [1.82, 2.24) is 9.78 Å². The van der Waals surface area contributed by atoms with Crippen molar-refractivity contribution in [3.05, 3.63) is 41.8 Å². The standard InChI is InChI=1S/C12H12FN3.ClH/c13-9-3-5-10(6-4-9)16-12(14)7-11(15-16)8-1-2-8;/h3-8H,1-2,14H2;1H. The lowest BCUT2D eigenvalue weighted by Crippen LogP contribution is -2.01. The predicted molar refractivity (Wildman–Crippen MR) is 67.2 cm³/mol. The second-order valence-corrected chi connectivity index (χ2v) is 4.16. The maximum atomic E-state index is 12.8. The Labute approximate surface area is 105 Å². The summed E-state index contributed by atoms with van der Waals surface area (Å²) >= 11 is 0. The van der Waals surface area contributed by atoms with Crippen molar-refractivity contribution < 1.29 is 4.39 Å². The van der Waals surface area contributed by atoms with Crippen molar-refractivity contribution in [2.24, 2.45) is 0 Å². The highest BCUT2D eigenvalue weighted by atomic mass is 35.5. The van der Waals surface area contributed by atoms with Gasteiger partial charge in [-0.3, -0.25) is 0 Å². The molecule has 0 aliphatic heterocycles. The minimum Gasteiger partial charge on any atom is -0.384 e. The summed E-state index contributed by atoms with van der Waals surface area (Å²) < 4.78 is 14.4. The molecule has 1 aliphatic carbocycles. The van der Waals surface area contributed by atoms with Gasteiger partial charge in [0.25, 0.3) is 0 Å². The second kappa shape index (κ2) is 4.37. The summed E-state index contributed by atoms with van der Waals surface area (Å²) in [5.74, 6) is 0.925. The molecule has 1 heterocycles. The molecule has 1 aliphatic rings. The van der Waals surface area contributed by atoms with Gasteiger partial charge in [0.05, 0.1) is 11.4 Å². The van der Waals surface area contributed by atoms with Crippen molar-refractivity contribution in [1.29, 1.82) is 0 Å². The van der Waals surface area contributed by atoms with Crippen LogP contribution < -0.4 is 5.73 Å². The van der Waals surface area contributed by atoms with Gasteiger partial charge in [0, 0.05) is 12.0 Å². The Morgan fingerprint density at radius 2 is 1.88 bits per heavy atom. The van der Waals surface area contributed by atoms with Crippen LogP contribution in [0.25, 0.3) is 5.69 Å². The first-order chi connectivity index (χ1) is 7.74. The number of hydrogen-bond acceptors (Lipinski definition) is 2. The number of halogens is 2. The first-order valence-corrected chi connectivity index (χ1v) is 5.35. The molecule has 5 heteroatoms. The van der Waals surface area contributed by atoms with Crippen LogP contribution in [0.3, 0.4) is 0 Å². The fourth-order valence-corrected chi connectivity index (χ4v) is 1.78. The van der Waals surface area contributed by atoms with Gasteiger partial charge in [0.2, 0.25) is 0 Å². The number of anilines is 1. The molecule has 0 atom stereocenters. The summed E-state index contributed by atoms with van der Waals surface area (Å²) in [5, 5.41) is 4.44. The Morgan fingerprint density at radius 1 is 1.24 bits per heavy atom. The highest BCUT2D eigenvalue weighted by molar-refractivity contribution is 5.85. The third-order valence-electron chi connectivity index (χ3n) is 2.82. The lowest BCUT2D eigenvalue weighted by molar-refractivity contribution is 0.627. The SMILES string of the molecule is Cl.Nc1cc(C2CC2)nn1-c1ccc(F)cc1. The molecule has 1 aromatic carbocycles. The van der Waals surface area contributed by atoms with E-state index in [0.29, 0.717) is 11.7 Å². The van der Waals surface area contributed by atoms with E-state index in [4.69, 9.17) is 5.73 Å². The van der Waals surface area contributed by atoms with Crippen LogP contribution in [-0.2, 0) is 0 Å². The summed E-state index contributed by atoms with van der Waals surface area (Å²) in [6.07, 6.45) is 2.39. The minimum absolute atomic E-state index is 0. The fourth-order valence-electron chi connectivity index (χ4n) is 1.78. The summed E-state index contributed by atoms with van der Waals surface area (Å²) in [7, 11) is 0. The van der Waals surface area contributed by atoms with Crippen LogP contribution in [0.4, 0.5) is 10.2 Å². The molecule has 2 N–H and O–H groups in total. The van der Waals surface area contributed by atoms with Crippen LogP contribution in [0.1, 0.15) is 24.5 Å². The molecule has 3 rings (SSSR count). The number of nitrogens with zero attached hydrogens (tertiary/aromatic N) is 2. The van der Waals surface area contributed by atoms with E-state index in [1.807, 2.05) is 6.07 Å². The lowest BCUT2D eigenvalue weighted by Gasteiger charge is -2.02. The molecule has 0 saturated heterocycles. The van der Waals surface area contributed by atoms with Crippen LogP contribution in [0.15, 0.2) is 30.3 Å². The largest absolute Gasteiger partial charge is 0.384 e. The summed E-state index contributed by atoms with van der Waals surface area (Å²) in [5.41, 5.74) is 7.72. The summed E-state index contributed by atoms with van der Waals surface area (Å²) in [6.45, 7) is 0. The highest BCUT2D eigenvalue weighted by Crippen LogP contribution is 2.40.